The molecule has 0 spiro atoms. The molecule has 0 saturated heterocycles. The Morgan fingerprint density at radius 3 is 2.00 bits per heavy atom. The van der Waals surface area contributed by atoms with Crippen LogP contribution in [0.1, 0.15) is 37.5 Å². The van der Waals surface area contributed by atoms with Gasteiger partial charge in [0.25, 0.3) is 10.0 Å². The van der Waals surface area contributed by atoms with Crippen molar-refractivity contribution in [2.75, 3.05) is 10.8 Å². The number of hydrogen-bond donors (Lipinski definition) is 1. The van der Waals surface area contributed by atoms with Gasteiger partial charge in [-0.1, -0.05) is 83.4 Å². The van der Waals surface area contributed by atoms with Crippen molar-refractivity contribution < 1.29 is 22.4 Å². The van der Waals surface area contributed by atoms with Gasteiger partial charge in [-0.15, -0.1) is 0 Å². The highest BCUT2D eigenvalue weighted by Gasteiger charge is 2.35. The van der Waals surface area contributed by atoms with Crippen molar-refractivity contribution in [1.29, 1.82) is 0 Å². The molecule has 0 aliphatic heterocycles. The quantitative estimate of drug-likeness (QED) is 0.181. The van der Waals surface area contributed by atoms with Gasteiger partial charge in [-0.2, -0.15) is 0 Å². The highest BCUT2D eigenvalue weighted by Crippen LogP contribution is 2.30. The van der Waals surface area contributed by atoms with E-state index >= 15 is 0 Å². The number of carbonyl (C=O) groups excluding carboxylic acids is 2. The van der Waals surface area contributed by atoms with E-state index in [-0.39, 0.29) is 33.6 Å². The summed E-state index contributed by atoms with van der Waals surface area (Å²) in [4.78, 5) is 29.7. The molecule has 242 valence electrons. The average Bonchev–Trinajstić information content (AvgIpc) is 2.97. The smallest absolute Gasteiger partial charge is 0.264 e. The van der Waals surface area contributed by atoms with E-state index in [1.807, 2.05) is 58.0 Å². The van der Waals surface area contributed by atoms with Crippen LogP contribution < -0.4 is 9.62 Å². The number of hydrogen-bond acceptors (Lipinski definition) is 4. The third-order valence-electron chi connectivity index (χ3n) is 7.06. The normalized spacial score (nSPS) is 12.3. The zero-order chi connectivity index (χ0) is 33.6. The van der Waals surface area contributed by atoms with Crippen molar-refractivity contribution in [2.45, 2.75) is 57.1 Å². The molecule has 46 heavy (non-hydrogen) atoms. The molecule has 0 bridgehead atoms. The van der Waals surface area contributed by atoms with Crippen LogP contribution in [0.2, 0.25) is 10.0 Å². The summed E-state index contributed by atoms with van der Waals surface area (Å²) in [7, 11) is -4.33. The van der Waals surface area contributed by atoms with Crippen LogP contribution in [0, 0.1) is 12.7 Å². The number of sulfonamides is 1. The second-order valence-corrected chi connectivity index (χ2v) is 14.8. The Kier molecular flexibility index (Phi) is 11.1. The molecule has 4 aromatic carbocycles. The molecule has 0 aliphatic rings. The number of nitrogens with one attached hydrogen (secondary N) is 1. The summed E-state index contributed by atoms with van der Waals surface area (Å²) < 4.78 is 43.1. The number of amides is 2. The van der Waals surface area contributed by atoms with Gasteiger partial charge < -0.3 is 10.2 Å². The van der Waals surface area contributed by atoms with Crippen molar-refractivity contribution in [3.05, 3.63) is 130 Å². The molecule has 0 aliphatic carbocycles. The Hall–Kier alpha value is -3.92. The van der Waals surface area contributed by atoms with Crippen molar-refractivity contribution in [3.8, 4) is 0 Å². The van der Waals surface area contributed by atoms with Crippen LogP contribution in [0.5, 0.6) is 0 Å². The summed E-state index contributed by atoms with van der Waals surface area (Å²) in [6.45, 7) is 6.54. The van der Waals surface area contributed by atoms with Crippen LogP contribution >= 0.6 is 23.2 Å². The van der Waals surface area contributed by atoms with Crippen molar-refractivity contribution in [1.82, 2.24) is 10.2 Å². The minimum atomic E-state index is -4.33. The molecule has 1 atom stereocenters. The molecule has 0 radical (unpaired) electrons. The predicted octanol–water partition coefficient (Wildman–Crippen LogP) is 7.19. The Labute approximate surface area is 280 Å². The fraction of sp³-hybridized carbons (Fsp3) is 0.257. The fourth-order valence-corrected chi connectivity index (χ4v) is 6.76. The standard InChI is InChI=1S/C35H36Cl2FN3O4S/c1-24-10-16-31(17-11-24)46(44,45)41(30-20-27(36)19-28(37)21-30)23-33(42)40(22-26-12-14-29(38)15-13-26)32(34(43)39-35(2,3)4)18-25-8-6-5-7-9-25/h5-17,19-21,32H,18,22-23H2,1-4H3,(H,39,43)/t32-/m0/s1. The SMILES string of the molecule is Cc1ccc(S(=O)(=O)N(CC(=O)N(Cc2ccc(F)cc2)[C@@H](Cc2ccccc2)C(=O)NC(C)(C)C)c2cc(Cl)cc(Cl)c2)cc1. The lowest BCUT2D eigenvalue weighted by molar-refractivity contribution is -0.140. The first kappa shape index (κ1) is 34.9. The number of carbonyl (C=O) groups is 2. The molecular weight excluding hydrogens is 648 g/mol. The first-order valence-corrected chi connectivity index (χ1v) is 16.8. The Morgan fingerprint density at radius 2 is 1.43 bits per heavy atom. The molecule has 11 heteroatoms. The Bertz CT molecular complexity index is 1760. The molecule has 0 heterocycles. The van der Waals surface area contributed by atoms with Crippen molar-refractivity contribution in [2.24, 2.45) is 0 Å². The molecule has 0 fully saturated rings. The van der Waals surface area contributed by atoms with Gasteiger partial charge in [-0.3, -0.25) is 13.9 Å². The number of anilines is 1. The second kappa shape index (κ2) is 14.7. The largest absolute Gasteiger partial charge is 0.350 e. The topological polar surface area (TPSA) is 86.8 Å². The maximum Gasteiger partial charge on any atom is 0.264 e. The molecule has 4 rings (SSSR count). The second-order valence-electron chi connectivity index (χ2n) is 12.0. The van der Waals surface area contributed by atoms with E-state index in [1.165, 1.54) is 59.5 Å². The number of aryl methyl sites for hydroxylation is 1. The molecule has 1 N–H and O–H groups in total. The van der Waals surface area contributed by atoms with Gasteiger partial charge in [0.1, 0.15) is 18.4 Å². The summed E-state index contributed by atoms with van der Waals surface area (Å²) in [6.07, 6.45) is 0.142. The lowest BCUT2D eigenvalue weighted by atomic mass is 10.0. The third kappa shape index (κ3) is 9.31. The summed E-state index contributed by atoms with van der Waals surface area (Å²) in [5, 5.41) is 3.32. The maximum absolute atomic E-state index is 14.5. The molecule has 4 aromatic rings. The van der Waals surface area contributed by atoms with Gasteiger partial charge >= 0.3 is 0 Å². The van der Waals surface area contributed by atoms with E-state index in [4.69, 9.17) is 23.2 Å². The molecule has 0 saturated carbocycles. The first-order valence-electron chi connectivity index (χ1n) is 14.6. The predicted molar refractivity (Wildman–Crippen MR) is 181 cm³/mol. The first-order chi connectivity index (χ1) is 21.6. The Balaban J connectivity index is 1.84. The summed E-state index contributed by atoms with van der Waals surface area (Å²) >= 11 is 12.6. The molecule has 0 aromatic heterocycles. The Morgan fingerprint density at radius 1 is 0.848 bits per heavy atom. The van der Waals surface area contributed by atoms with Crippen LogP contribution in [-0.2, 0) is 32.6 Å². The fourth-order valence-electron chi connectivity index (χ4n) is 4.84. The summed E-state index contributed by atoms with van der Waals surface area (Å²) in [5.74, 6) is -1.55. The van der Waals surface area contributed by atoms with E-state index in [0.29, 0.717) is 5.56 Å². The van der Waals surface area contributed by atoms with Gasteiger partial charge in [0.2, 0.25) is 11.8 Å². The van der Waals surface area contributed by atoms with E-state index in [0.717, 1.165) is 15.4 Å². The number of benzene rings is 4. The zero-order valence-corrected chi connectivity index (χ0v) is 28.3. The minimum Gasteiger partial charge on any atom is -0.350 e. The van der Waals surface area contributed by atoms with Gasteiger partial charge in [-0.25, -0.2) is 12.8 Å². The van der Waals surface area contributed by atoms with Crippen molar-refractivity contribution >= 4 is 50.7 Å². The van der Waals surface area contributed by atoms with E-state index in [9.17, 15) is 22.4 Å². The third-order valence-corrected chi connectivity index (χ3v) is 9.28. The van der Waals surface area contributed by atoms with Crippen molar-refractivity contribution in [3.63, 3.8) is 0 Å². The molecule has 2 amide bonds. The monoisotopic (exact) mass is 683 g/mol. The van der Waals surface area contributed by atoms with Crippen LogP contribution in [0.25, 0.3) is 0 Å². The van der Waals surface area contributed by atoms with Crippen LogP contribution in [0.4, 0.5) is 10.1 Å². The van der Waals surface area contributed by atoms with Crippen LogP contribution in [0.15, 0.2) is 102 Å². The summed E-state index contributed by atoms with van der Waals surface area (Å²) in [5.41, 5.74) is 1.64. The van der Waals surface area contributed by atoms with E-state index < -0.39 is 45.8 Å². The van der Waals surface area contributed by atoms with Gasteiger partial charge in [0.05, 0.1) is 10.6 Å². The van der Waals surface area contributed by atoms with Gasteiger partial charge in [-0.05, 0) is 81.3 Å². The molecule has 7 nitrogen and oxygen atoms in total. The minimum absolute atomic E-state index is 0.0432. The number of nitrogens with zero attached hydrogens (tertiary/aromatic N) is 2. The lowest BCUT2D eigenvalue weighted by Crippen LogP contribution is -2.56. The highest BCUT2D eigenvalue weighted by atomic mass is 35.5. The van der Waals surface area contributed by atoms with E-state index in [1.54, 1.807) is 12.1 Å². The van der Waals surface area contributed by atoms with E-state index in [2.05, 4.69) is 5.32 Å². The number of halogens is 3. The molecule has 0 unspecified atom stereocenters. The van der Waals surface area contributed by atoms with Gasteiger partial charge in [0, 0.05) is 28.5 Å². The van der Waals surface area contributed by atoms with Crippen LogP contribution in [0.3, 0.4) is 0 Å². The number of rotatable bonds is 11. The highest BCUT2D eigenvalue weighted by molar-refractivity contribution is 7.92. The molecular formula is C35H36Cl2FN3O4S. The summed E-state index contributed by atoms with van der Waals surface area (Å²) in [6, 6.07) is 24.2. The zero-order valence-electron chi connectivity index (χ0n) is 26.0. The lowest BCUT2D eigenvalue weighted by Gasteiger charge is -2.35. The average molecular weight is 685 g/mol. The van der Waals surface area contributed by atoms with Gasteiger partial charge in [0.15, 0.2) is 0 Å². The van der Waals surface area contributed by atoms with Crippen LogP contribution in [-0.4, -0.2) is 43.3 Å². The maximum atomic E-state index is 14.5.